The summed E-state index contributed by atoms with van der Waals surface area (Å²) in [6.07, 6.45) is 1.95. The van der Waals surface area contributed by atoms with E-state index in [0.29, 0.717) is 12.3 Å². The van der Waals surface area contributed by atoms with Gasteiger partial charge in [-0.15, -0.1) is 0 Å². The molecule has 1 amide bonds. The number of rotatable bonds is 3. The Morgan fingerprint density at radius 3 is 2.56 bits per heavy atom. The van der Waals surface area contributed by atoms with E-state index < -0.39 is 18.1 Å². The first-order chi connectivity index (χ1) is 8.58. The van der Waals surface area contributed by atoms with Crippen LogP contribution in [-0.2, 0) is 9.59 Å². The Hall–Kier alpha value is -0.750. The van der Waals surface area contributed by atoms with Crippen molar-refractivity contribution in [2.24, 2.45) is 5.92 Å². The van der Waals surface area contributed by atoms with E-state index in [1.165, 1.54) is 4.90 Å². The zero-order valence-corrected chi connectivity index (χ0v) is 11.1. The first-order valence-corrected chi connectivity index (χ1v) is 7.51. The van der Waals surface area contributed by atoms with Gasteiger partial charge in [0.25, 0.3) is 0 Å². The number of carbonyl (C=O) groups excluding carboxylic acids is 1. The fourth-order valence-electron chi connectivity index (χ4n) is 2.64. The molecule has 2 rings (SSSR count). The van der Waals surface area contributed by atoms with E-state index in [1.807, 2.05) is 11.8 Å². The van der Waals surface area contributed by atoms with Crippen LogP contribution in [0.3, 0.4) is 0 Å². The van der Waals surface area contributed by atoms with Crippen LogP contribution in [0.25, 0.3) is 0 Å². The third kappa shape index (κ3) is 3.17. The molecule has 0 bridgehead atoms. The second-order valence-electron chi connectivity index (χ2n) is 5.05. The fraction of sp³-hybridized carbons (Fsp3) is 0.833. The number of β-amino-alcohol motifs (C(OH)–C–C–N with tert-alkyl or cyclic N) is 1. The average Bonchev–Trinajstić information content (AvgIpc) is 2.73. The Balaban J connectivity index is 1.92. The summed E-state index contributed by atoms with van der Waals surface area (Å²) >= 11 is 1.90. The monoisotopic (exact) mass is 273 g/mol. The number of likely N-dealkylation sites (tertiary alicyclic amines) is 1. The molecule has 5 nitrogen and oxygen atoms in total. The Bertz CT molecular complexity index is 330. The molecule has 0 saturated carbocycles. The molecule has 2 aliphatic rings. The van der Waals surface area contributed by atoms with Crippen LogP contribution in [-0.4, -0.2) is 57.2 Å². The predicted octanol–water partition coefficient (Wildman–Crippen LogP) is 0.566. The van der Waals surface area contributed by atoms with Gasteiger partial charge in [0.15, 0.2) is 0 Å². The standard InChI is InChI=1S/C12H19NO4S/c14-9-6-10(12(16)17)13(7-9)11(15)5-8-1-3-18-4-2-8/h8-10,14H,1-7H2,(H,16,17)/t9?,10-/m0/s1. The van der Waals surface area contributed by atoms with Gasteiger partial charge in [-0.1, -0.05) is 0 Å². The number of hydrogen-bond acceptors (Lipinski definition) is 4. The molecule has 102 valence electrons. The van der Waals surface area contributed by atoms with Crippen LogP contribution >= 0.6 is 11.8 Å². The molecule has 0 spiro atoms. The third-order valence-corrected chi connectivity index (χ3v) is 4.74. The number of thioether (sulfide) groups is 1. The number of nitrogens with zero attached hydrogens (tertiary/aromatic N) is 1. The van der Waals surface area contributed by atoms with Crippen molar-refractivity contribution in [2.75, 3.05) is 18.1 Å². The van der Waals surface area contributed by atoms with E-state index in [2.05, 4.69) is 0 Å². The van der Waals surface area contributed by atoms with Crippen LogP contribution in [0, 0.1) is 5.92 Å². The predicted molar refractivity (Wildman–Crippen MR) is 68.4 cm³/mol. The van der Waals surface area contributed by atoms with E-state index in [4.69, 9.17) is 5.11 Å². The molecule has 0 aromatic rings. The molecule has 2 fully saturated rings. The van der Waals surface area contributed by atoms with Gasteiger partial charge in [-0.2, -0.15) is 11.8 Å². The second-order valence-corrected chi connectivity index (χ2v) is 6.27. The summed E-state index contributed by atoms with van der Waals surface area (Å²) in [7, 11) is 0. The molecule has 6 heteroatoms. The average molecular weight is 273 g/mol. The van der Waals surface area contributed by atoms with Crippen LogP contribution in [0.4, 0.5) is 0 Å². The topological polar surface area (TPSA) is 77.8 Å². The van der Waals surface area contributed by atoms with Gasteiger partial charge in [0.05, 0.1) is 6.10 Å². The lowest BCUT2D eigenvalue weighted by Crippen LogP contribution is -2.41. The number of aliphatic hydroxyl groups is 1. The summed E-state index contributed by atoms with van der Waals surface area (Å²) in [5, 5.41) is 18.6. The first kappa shape index (κ1) is 13.7. The van der Waals surface area contributed by atoms with Gasteiger partial charge < -0.3 is 15.1 Å². The molecule has 1 unspecified atom stereocenters. The molecular formula is C12H19NO4S. The van der Waals surface area contributed by atoms with Gasteiger partial charge in [0.2, 0.25) is 5.91 Å². The van der Waals surface area contributed by atoms with Crippen molar-refractivity contribution in [3.05, 3.63) is 0 Å². The van der Waals surface area contributed by atoms with Crippen molar-refractivity contribution in [1.29, 1.82) is 0 Å². The van der Waals surface area contributed by atoms with Gasteiger partial charge in [0.1, 0.15) is 6.04 Å². The fourth-order valence-corrected chi connectivity index (χ4v) is 3.84. The number of aliphatic carboxylic acids is 1. The second kappa shape index (κ2) is 5.93. The molecule has 0 radical (unpaired) electrons. The molecule has 0 aromatic heterocycles. The van der Waals surface area contributed by atoms with Crippen LogP contribution < -0.4 is 0 Å². The molecule has 18 heavy (non-hydrogen) atoms. The van der Waals surface area contributed by atoms with Gasteiger partial charge in [-0.05, 0) is 30.3 Å². The van der Waals surface area contributed by atoms with Gasteiger partial charge in [0, 0.05) is 19.4 Å². The molecule has 0 aromatic carbocycles. The highest BCUT2D eigenvalue weighted by Crippen LogP contribution is 2.27. The summed E-state index contributed by atoms with van der Waals surface area (Å²) in [6.45, 7) is 0.164. The summed E-state index contributed by atoms with van der Waals surface area (Å²) < 4.78 is 0. The summed E-state index contributed by atoms with van der Waals surface area (Å²) in [6, 6.07) is -0.842. The molecule has 0 aliphatic carbocycles. The minimum absolute atomic E-state index is 0.115. The van der Waals surface area contributed by atoms with E-state index in [0.717, 1.165) is 24.3 Å². The number of carboxylic acid groups (broad SMARTS) is 1. The van der Waals surface area contributed by atoms with Crippen molar-refractivity contribution in [1.82, 2.24) is 4.90 Å². The van der Waals surface area contributed by atoms with Crippen molar-refractivity contribution < 1.29 is 19.8 Å². The maximum absolute atomic E-state index is 12.1. The van der Waals surface area contributed by atoms with Crippen LogP contribution in [0.1, 0.15) is 25.7 Å². The Kier molecular flexibility index (Phi) is 4.50. The highest BCUT2D eigenvalue weighted by atomic mass is 32.2. The highest BCUT2D eigenvalue weighted by Gasteiger charge is 2.39. The zero-order valence-electron chi connectivity index (χ0n) is 10.2. The lowest BCUT2D eigenvalue weighted by atomic mass is 9.98. The van der Waals surface area contributed by atoms with Crippen LogP contribution in [0.5, 0.6) is 0 Å². The van der Waals surface area contributed by atoms with Gasteiger partial charge >= 0.3 is 5.97 Å². The minimum Gasteiger partial charge on any atom is -0.480 e. The minimum atomic E-state index is -1.01. The molecule has 2 aliphatic heterocycles. The van der Waals surface area contributed by atoms with E-state index in [1.54, 1.807) is 0 Å². The van der Waals surface area contributed by atoms with E-state index >= 15 is 0 Å². The number of carbonyl (C=O) groups is 2. The van der Waals surface area contributed by atoms with Gasteiger partial charge in [-0.25, -0.2) is 4.79 Å². The smallest absolute Gasteiger partial charge is 0.326 e. The Morgan fingerprint density at radius 2 is 1.94 bits per heavy atom. The first-order valence-electron chi connectivity index (χ1n) is 6.36. The largest absolute Gasteiger partial charge is 0.480 e. The van der Waals surface area contributed by atoms with Crippen molar-refractivity contribution in [3.8, 4) is 0 Å². The SMILES string of the molecule is O=C(O)[C@@H]1CC(O)CN1C(=O)CC1CCSCC1. The zero-order chi connectivity index (χ0) is 13.1. The van der Waals surface area contributed by atoms with Crippen molar-refractivity contribution in [2.45, 2.75) is 37.8 Å². The summed E-state index contributed by atoms with van der Waals surface area (Å²) in [5.41, 5.74) is 0. The van der Waals surface area contributed by atoms with Gasteiger partial charge in [-0.3, -0.25) is 4.79 Å². The molecule has 2 N–H and O–H groups in total. The lowest BCUT2D eigenvalue weighted by Gasteiger charge is -2.26. The maximum Gasteiger partial charge on any atom is 0.326 e. The summed E-state index contributed by atoms with van der Waals surface area (Å²) in [5.74, 6) is 1.42. The number of aliphatic hydroxyl groups excluding tert-OH is 1. The Morgan fingerprint density at radius 1 is 1.28 bits per heavy atom. The van der Waals surface area contributed by atoms with Crippen molar-refractivity contribution >= 4 is 23.6 Å². The quantitative estimate of drug-likeness (QED) is 0.786. The molecule has 2 heterocycles. The van der Waals surface area contributed by atoms with Crippen LogP contribution in [0.15, 0.2) is 0 Å². The molecule has 2 atom stereocenters. The van der Waals surface area contributed by atoms with E-state index in [9.17, 15) is 14.7 Å². The molecule has 2 saturated heterocycles. The number of amides is 1. The van der Waals surface area contributed by atoms with Crippen LogP contribution in [0.2, 0.25) is 0 Å². The lowest BCUT2D eigenvalue weighted by molar-refractivity contribution is -0.148. The normalized spacial score (nSPS) is 29.5. The number of carboxylic acids is 1. The number of hydrogen-bond donors (Lipinski definition) is 2. The maximum atomic E-state index is 12.1. The Labute approximate surface area is 111 Å². The highest BCUT2D eigenvalue weighted by molar-refractivity contribution is 7.99. The molecular weight excluding hydrogens is 254 g/mol. The third-order valence-electron chi connectivity index (χ3n) is 3.69. The van der Waals surface area contributed by atoms with E-state index in [-0.39, 0.29) is 18.9 Å². The van der Waals surface area contributed by atoms with Crippen molar-refractivity contribution in [3.63, 3.8) is 0 Å². The summed E-state index contributed by atoms with van der Waals surface area (Å²) in [4.78, 5) is 24.5.